The molecule has 0 N–H and O–H groups in total. The van der Waals surface area contributed by atoms with Gasteiger partial charge in [-0.1, -0.05) is 44.2 Å². The molecule has 2 amide bonds. The molecular weight excluding hydrogens is 326 g/mol. The SMILES string of the molecule is CN1/C(=C\C=N/N2C(=O)c3ccccc3C2=O)C(C)(C)c2ccccc21. The van der Waals surface area contributed by atoms with E-state index >= 15 is 0 Å². The van der Waals surface area contributed by atoms with Gasteiger partial charge in [-0.2, -0.15) is 10.1 Å². The van der Waals surface area contributed by atoms with Gasteiger partial charge in [0.15, 0.2) is 0 Å². The Hall–Kier alpha value is -3.21. The van der Waals surface area contributed by atoms with Crippen LogP contribution in [0.1, 0.15) is 40.1 Å². The first-order chi connectivity index (χ1) is 12.4. The molecule has 0 spiro atoms. The molecule has 5 nitrogen and oxygen atoms in total. The minimum Gasteiger partial charge on any atom is -0.347 e. The molecular formula is C21H19N3O2. The second-order valence-electron chi connectivity index (χ2n) is 6.99. The van der Waals surface area contributed by atoms with Crippen LogP contribution in [0.2, 0.25) is 0 Å². The van der Waals surface area contributed by atoms with Crippen LogP contribution in [0.5, 0.6) is 0 Å². The summed E-state index contributed by atoms with van der Waals surface area (Å²) < 4.78 is 0. The number of nitrogens with zero attached hydrogens (tertiary/aromatic N) is 3. The number of hydrazone groups is 1. The molecule has 26 heavy (non-hydrogen) atoms. The highest BCUT2D eigenvalue weighted by atomic mass is 16.2. The van der Waals surface area contributed by atoms with Crippen LogP contribution < -0.4 is 4.90 Å². The van der Waals surface area contributed by atoms with Crippen molar-refractivity contribution in [2.24, 2.45) is 5.10 Å². The fourth-order valence-corrected chi connectivity index (χ4v) is 3.75. The van der Waals surface area contributed by atoms with Crippen molar-refractivity contribution in [2.45, 2.75) is 19.3 Å². The standard InChI is InChI=1S/C21H19N3O2/c1-21(2)16-10-6-7-11-17(16)23(3)18(21)12-13-22-24-19(25)14-8-4-5-9-15(14)20(24)26/h4-13H,1-3H3/b18-12-,22-13-. The lowest BCUT2D eigenvalue weighted by Crippen LogP contribution is -2.25. The molecule has 0 aliphatic carbocycles. The summed E-state index contributed by atoms with van der Waals surface area (Å²) in [6.45, 7) is 4.30. The summed E-state index contributed by atoms with van der Waals surface area (Å²) in [5.74, 6) is -0.773. The summed E-state index contributed by atoms with van der Waals surface area (Å²) in [6, 6.07) is 15.0. The maximum Gasteiger partial charge on any atom is 0.282 e. The minimum absolute atomic E-state index is 0.181. The van der Waals surface area contributed by atoms with Crippen molar-refractivity contribution in [1.29, 1.82) is 0 Å². The van der Waals surface area contributed by atoms with Crippen molar-refractivity contribution in [1.82, 2.24) is 5.01 Å². The number of hydrogen-bond donors (Lipinski definition) is 0. The van der Waals surface area contributed by atoms with Crippen LogP contribution in [0.3, 0.4) is 0 Å². The maximum atomic E-state index is 12.4. The number of amides is 2. The van der Waals surface area contributed by atoms with Crippen LogP contribution in [-0.4, -0.2) is 30.1 Å². The normalized spacial score (nSPS) is 19.6. The van der Waals surface area contributed by atoms with Gasteiger partial charge in [-0.3, -0.25) is 9.59 Å². The lowest BCUT2D eigenvalue weighted by atomic mass is 9.84. The number of hydrogen-bond acceptors (Lipinski definition) is 4. The van der Waals surface area contributed by atoms with E-state index in [1.54, 1.807) is 24.3 Å². The Kier molecular flexibility index (Phi) is 3.54. The highest BCUT2D eigenvalue weighted by Gasteiger charge is 2.38. The summed E-state index contributed by atoms with van der Waals surface area (Å²) in [4.78, 5) is 26.8. The molecule has 2 heterocycles. The molecule has 0 bridgehead atoms. The number of rotatable bonds is 2. The van der Waals surface area contributed by atoms with Crippen molar-refractivity contribution < 1.29 is 9.59 Å². The number of likely N-dealkylation sites (N-methyl/N-ethyl adjacent to an activating group) is 1. The third kappa shape index (κ3) is 2.20. The van der Waals surface area contributed by atoms with Crippen LogP contribution in [0.25, 0.3) is 0 Å². The lowest BCUT2D eigenvalue weighted by molar-refractivity contribution is 0.0660. The summed E-state index contributed by atoms with van der Waals surface area (Å²) in [5, 5.41) is 5.06. The molecule has 0 saturated heterocycles. The fraction of sp³-hybridized carbons (Fsp3) is 0.190. The van der Waals surface area contributed by atoms with Gasteiger partial charge in [-0.05, 0) is 29.8 Å². The van der Waals surface area contributed by atoms with Gasteiger partial charge in [0.25, 0.3) is 11.8 Å². The van der Waals surface area contributed by atoms with Crippen molar-refractivity contribution in [2.75, 3.05) is 11.9 Å². The molecule has 0 aromatic heterocycles. The Bertz CT molecular complexity index is 953. The molecule has 0 unspecified atom stereocenters. The van der Waals surface area contributed by atoms with Crippen molar-refractivity contribution in [3.8, 4) is 0 Å². The topological polar surface area (TPSA) is 53.0 Å². The van der Waals surface area contributed by atoms with E-state index in [0.717, 1.165) is 16.4 Å². The number of carbonyl (C=O) groups is 2. The van der Waals surface area contributed by atoms with Gasteiger partial charge in [0.1, 0.15) is 0 Å². The lowest BCUT2D eigenvalue weighted by Gasteiger charge is -2.23. The number of allylic oxidation sites excluding steroid dienone is 2. The van der Waals surface area contributed by atoms with Gasteiger partial charge in [-0.25, -0.2) is 0 Å². The van der Waals surface area contributed by atoms with Crippen molar-refractivity contribution in [3.63, 3.8) is 0 Å². The van der Waals surface area contributed by atoms with E-state index in [2.05, 4.69) is 36.0 Å². The first-order valence-corrected chi connectivity index (χ1v) is 8.48. The van der Waals surface area contributed by atoms with E-state index in [-0.39, 0.29) is 17.2 Å². The second-order valence-corrected chi connectivity index (χ2v) is 6.99. The Morgan fingerprint density at radius 3 is 2.12 bits per heavy atom. The predicted molar refractivity (Wildman–Crippen MR) is 101 cm³/mol. The zero-order chi connectivity index (χ0) is 18.5. The first kappa shape index (κ1) is 16.3. The largest absolute Gasteiger partial charge is 0.347 e. The van der Waals surface area contributed by atoms with Crippen molar-refractivity contribution in [3.05, 3.63) is 77.0 Å². The molecule has 2 aromatic rings. The van der Waals surface area contributed by atoms with Crippen LogP contribution in [0.4, 0.5) is 5.69 Å². The van der Waals surface area contributed by atoms with E-state index < -0.39 is 0 Å². The monoisotopic (exact) mass is 345 g/mol. The molecule has 0 fully saturated rings. The second kappa shape index (κ2) is 5.66. The van der Waals surface area contributed by atoms with Gasteiger partial charge >= 0.3 is 0 Å². The molecule has 0 radical (unpaired) electrons. The van der Waals surface area contributed by atoms with Gasteiger partial charge < -0.3 is 4.90 Å². The summed E-state index contributed by atoms with van der Waals surface area (Å²) in [7, 11) is 2.01. The van der Waals surface area contributed by atoms with E-state index in [1.165, 1.54) is 11.8 Å². The van der Waals surface area contributed by atoms with E-state index in [4.69, 9.17) is 0 Å². The van der Waals surface area contributed by atoms with Gasteiger partial charge in [0.2, 0.25) is 0 Å². The quantitative estimate of drug-likeness (QED) is 0.617. The molecule has 2 aliphatic heterocycles. The highest BCUT2D eigenvalue weighted by molar-refractivity contribution is 6.21. The van der Waals surface area contributed by atoms with Crippen LogP contribution in [0, 0.1) is 0 Å². The molecule has 0 saturated carbocycles. The summed E-state index contributed by atoms with van der Waals surface area (Å²) in [6.07, 6.45) is 3.39. The Morgan fingerprint density at radius 1 is 0.923 bits per heavy atom. The van der Waals surface area contributed by atoms with Crippen molar-refractivity contribution >= 4 is 23.7 Å². The highest BCUT2D eigenvalue weighted by Crippen LogP contribution is 2.46. The smallest absolute Gasteiger partial charge is 0.282 e. The fourth-order valence-electron chi connectivity index (χ4n) is 3.75. The number of imide groups is 1. The van der Waals surface area contributed by atoms with Gasteiger partial charge in [-0.15, -0.1) is 0 Å². The van der Waals surface area contributed by atoms with Crippen LogP contribution in [-0.2, 0) is 5.41 Å². The molecule has 0 atom stereocenters. The number of fused-ring (bicyclic) bond motifs is 2. The molecule has 4 rings (SSSR count). The summed E-state index contributed by atoms with van der Waals surface area (Å²) >= 11 is 0. The zero-order valence-corrected chi connectivity index (χ0v) is 14.9. The van der Waals surface area contributed by atoms with Crippen LogP contribution >= 0.6 is 0 Å². The third-order valence-electron chi connectivity index (χ3n) is 5.13. The zero-order valence-electron chi connectivity index (χ0n) is 14.9. The average molecular weight is 345 g/mol. The Balaban J connectivity index is 1.64. The summed E-state index contributed by atoms with van der Waals surface area (Å²) in [5.41, 5.74) is 4.06. The molecule has 2 aliphatic rings. The van der Waals surface area contributed by atoms with E-state index in [0.29, 0.717) is 11.1 Å². The number of benzene rings is 2. The maximum absolute atomic E-state index is 12.4. The van der Waals surface area contributed by atoms with Crippen LogP contribution in [0.15, 0.2) is 65.4 Å². The first-order valence-electron chi connectivity index (χ1n) is 8.48. The minimum atomic E-state index is -0.387. The Labute approximate surface area is 152 Å². The number of para-hydroxylation sites is 1. The third-order valence-corrected chi connectivity index (χ3v) is 5.13. The van der Waals surface area contributed by atoms with E-state index in [1.807, 2.05) is 25.3 Å². The number of carbonyl (C=O) groups excluding carboxylic acids is 2. The molecule has 130 valence electrons. The average Bonchev–Trinajstić information content (AvgIpc) is 3.00. The predicted octanol–water partition coefficient (Wildman–Crippen LogP) is 3.58. The van der Waals surface area contributed by atoms with Gasteiger partial charge in [0.05, 0.1) is 11.1 Å². The molecule has 2 aromatic carbocycles. The number of anilines is 1. The Morgan fingerprint density at radius 2 is 1.50 bits per heavy atom. The van der Waals surface area contributed by atoms with E-state index in [9.17, 15) is 9.59 Å². The van der Waals surface area contributed by atoms with Gasteiger partial charge in [0, 0.05) is 30.1 Å². The molecule has 5 heteroatoms.